The molecule has 1 aromatic rings. The average Bonchev–Trinajstić information content (AvgIpc) is 2.37. The first-order valence-corrected chi connectivity index (χ1v) is 7.70. The molecule has 1 rings (SSSR count). The van der Waals surface area contributed by atoms with Gasteiger partial charge in [0.05, 0.1) is 11.6 Å². The molecule has 1 N–H and O–H groups in total. The van der Waals surface area contributed by atoms with E-state index in [2.05, 4.69) is 21.2 Å². The van der Waals surface area contributed by atoms with Crippen molar-refractivity contribution in [3.63, 3.8) is 0 Å². The van der Waals surface area contributed by atoms with Crippen LogP contribution in [0.25, 0.3) is 0 Å². The number of hydrogen-bond donors (Lipinski definition) is 1. The summed E-state index contributed by atoms with van der Waals surface area (Å²) in [5.41, 5.74) is -0.206. The van der Waals surface area contributed by atoms with E-state index in [4.69, 9.17) is 0 Å². The van der Waals surface area contributed by atoms with E-state index >= 15 is 0 Å². The molecule has 1 atom stereocenters. The van der Waals surface area contributed by atoms with Crippen molar-refractivity contribution in [1.82, 2.24) is 5.32 Å². The molecule has 0 saturated heterocycles. The molecule has 0 radical (unpaired) electrons. The molecule has 0 aromatic heterocycles. The normalized spacial score (nSPS) is 13.9. The Hall–Kier alpha value is -1.04. The first-order chi connectivity index (χ1) is 9.55. The predicted octanol–water partition coefficient (Wildman–Crippen LogP) is 4.69. The molecule has 1 unspecified atom stereocenters. The Labute approximate surface area is 131 Å². The van der Waals surface area contributed by atoms with Crippen molar-refractivity contribution in [2.75, 3.05) is 5.33 Å². The van der Waals surface area contributed by atoms with Gasteiger partial charge in [-0.25, -0.2) is 0 Å². The minimum atomic E-state index is -4.34. The summed E-state index contributed by atoms with van der Waals surface area (Å²) in [6.07, 6.45) is -3.99. The number of amides is 1. The van der Waals surface area contributed by atoms with Crippen LogP contribution in [0, 0.1) is 5.41 Å². The van der Waals surface area contributed by atoms with Gasteiger partial charge < -0.3 is 5.32 Å². The standard InChI is InChI=1S/C15H19BrF3NO/c1-10(20-13(21)8-14(2,3)9-16)11-4-6-12(7-5-11)15(17,18)19/h4-7,10H,8-9H2,1-3H3,(H,20,21). The van der Waals surface area contributed by atoms with Crippen LogP contribution in [0.4, 0.5) is 13.2 Å². The smallest absolute Gasteiger partial charge is 0.350 e. The first kappa shape index (κ1) is 18.0. The van der Waals surface area contributed by atoms with Gasteiger partial charge in [0.15, 0.2) is 0 Å². The van der Waals surface area contributed by atoms with Crippen LogP contribution in [-0.2, 0) is 11.0 Å². The van der Waals surface area contributed by atoms with E-state index in [1.807, 2.05) is 13.8 Å². The van der Waals surface area contributed by atoms with Gasteiger partial charge in [0.1, 0.15) is 0 Å². The van der Waals surface area contributed by atoms with E-state index in [0.29, 0.717) is 17.3 Å². The lowest BCUT2D eigenvalue weighted by Crippen LogP contribution is -2.31. The zero-order valence-electron chi connectivity index (χ0n) is 12.2. The molecule has 2 nitrogen and oxygen atoms in total. The highest BCUT2D eigenvalue weighted by molar-refractivity contribution is 9.09. The Morgan fingerprint density at radius 1 is 1.24 bits per heavy atom. The Bertz CT molecular complexity index is 483. The van der Waals surface area contributed by atoms with Crippen molar-refractivity contribution >= 4 is 21.8 Å². The third kappa shape index (κ3) is 5.69. The largest absolute Gasteiger partial charge is 0.416 e. The number of carbonyl (C=O) groups is 1. The van der Waals surface area contributed by atoms with Crippen LogP contribution in [0.1, 0.15) is 44.4 Å². The SMILES string of the molecule is CC(NC(=O)CC(C)(C)CBr)c1ccc(C(F)(F)F)cc1. The van der Waals surface area contributed by atoms with Gasteiger partial charge >= 0.3 is 6.18 Å². The molecule has 21 heavy (non-hydrogen) atoms. The number of hydrogen-bond acceptors (Lipinski definition) is 1. The fourth-order valence-electron chi connectivity index (χ4n) is 1.82. The van der Waals surface area contributed by atoms with Gasteiger partial charge in [-0.15, -0.1) is 0 Å². The van der Waals surface area contributed by atoms with E-state index in [0.717, 1.165) is 12.1 Å². The number of halogens is 4. The highest BCUT2D eigenvalue weighted by Gasteiger charge is 2.30. The molecule has 0 aliphatic rings. The number of benzene rings is 1. The lowest BCUT2D eigenvalue weighted by Gasteiger charge is -2.22. The van der Waals surface area contributed by atoms with E-state index in [-0.39, 0.29) is 17.4 Å². The molecule has 0 heterocycles. The van der Waals surface area contributed by atoms with Gasteiger partial charge in [0, 0.05) is 11.8 Å². The van der Waals surface area contributed by atoms with Crippen LogP contribution in [0.3, 0.4) is 0 Å². The van der Waals surface area contributed by atoms with Crippen molar-refractivity contribution in [2.45, 2.75) is 39.4 Å². The topological polar surface area (TPSA) is 29.1 Å². The highest BCUT2D eigenvalue weighted by Crippen LogP contribution is 2.30. The van der Waals surface area contributed by atoms with Crippen LogP contribution in [0.2, 0.25) is 0 Å². The van der Waals surface area contributed by atoms with Crippen LogP contribution >= 0.6 is 15.9 Å². The van der Waals surface area contributed by atoms with Gasteiger partial charge in [0.2, 0.25) is 5.91 Å². The molecule has 0 aliphatic heterocycles. The first-order valence-electron chi connectivity index (χ1n) is 6.58. The molecule has 6 heteroatoms. The Morgan fingerprint density at radius 3 is 2.19 bits per heavy atom. The number of nitrogens with one attached hydrogen (secondary N) is 1. The maximum atomic E-state index is 12.5. The number of rotatable bonds is 5. The quantitative estimate of drug-likeness (QED) is 0.753. The number of alkyl halides is 4. The van der Waals surface area contributed by atoms with Crippen LogP contribution in [0.15, 0.2) is 24.3 Å². The monoisotopic (exact) mass is 365 g/mol. The molecular formula is C15H19BrF3NO. The lowest BCUT2D eigenvalue weighted by molar-refractivity contribution is -0.137. The highest BCUT2D eigenvalue weighted by atomic mass is 79.9. The van der Waals surface area contributed by atoms with Crippen LogP contribution in [-0.4, -0.2) is 11.2 Å². The van der Waals surface area contributed by atoms with E-state index < -0.39 is 11.7 Å². The zero-order valence-corrected chi connectivity index (χ0v) is 13.8. The van der Waals surface area contributed by atoms with Crippen LogP contribution in [0.5, 0.6) is 0 Å². The summed E-state index contributed by atoms with van der Waals surface area (Å²) in [5.74, 6) is -0.119. The summed E-state index contributed by atoms with van der Waals surface area (Å²) >= 11 is 3.35. The van der Waals surface area contributed by atoms with E-state index in [1.54, 1.807) is 6.92 Å². The molecule has 0 saturated carbocycles. The Morgan fingerprint density at radius 2 is 1.76 bits per heavy atom. The van der Waals surface area contributed by atoms with Gasteiger partial charge in [-0.05, 0) is 30.0 Å². The summed E-state index contributed by atoms with van der Waals surface area (Å²) in [5, 5.41) is 3.50. The molecular weight excluding hydrogens is 347 g/mol. The molecule has 1 aromatic carbocycles. The van der Waals surface area contributed by atoms with Gasteiger partial charge in [-0.1, -0.05) is 41.9 Å². The second-order valence-corrected chi connectivity index (χ2v) is 6.44. The van der Waals surface area contributed by atoms with Crippen LogP contribution < -0.4 is 5.32 Å². The minimum Gasteiger partial charge on any atom is -0.350 e. The molecule has 1 amide bonds. The van der Waals surface area contributed by atoms with Crippen molar-refractivity contribution in [3.05, 3.63) is 35.4 Å². The molecule has 0 aliphatic carbocycles. The molecule has 0 bridgehead atoms. The fourth-order valence-corrected chi connectivity index (χ4v) is 2.02. The van der Waals surface area contributed by atoms with Crippen molar-refractivity contribution in [2.24, 2.45) is 5.41 Å². The third-order valence-corrected chi connectivity index (χ3v) is 4.63. The third-order valence-electron chi connectivity index (χ3n) is 3.12. The second kappa shape index (κ2) is 6.81. The fraction of sp³-hybridized carbons (Fsp3) is 0.533. The summed E-state index contributed by atoms with van der Waals surface area (Å²) < 4.78 is 37.4. The lowest BCUT2D eigenvalue weighted by atomic mass is 9.91. The predicted molar refractivity (Wildman–Crippen MR) is 80.2 cm³/mol. The summed E-state index contributed by atoms with van der Waals surface area (Å²) in [7, 11) is 0. The molecule has 0 fully saturated rings. The molecule has 118 valence electrons. The summed E-state index contributed by atoms with van der Waals surface area (Å²) in [4.78, 5) is 11.9. The summed E-state index contributed by atoms with van der Waals surface area (Å²) in [6, 6.07) is 4.51. The van der Waals surface area contributed by atoms with Gasteiger partial charge in [0.25, 0.3) is 0 Å². The zero-order chi connectivity index (χ0) is 16.3. The maximum Gasteiger partial charge on any atom is 0.416 e. The van der Waals surface area contributed by atoms with E-state index in [1.165, 1.54) is 12.1 Å². The Kier molecular flexibility index (Phi) is 5.84. The van der Waals surface area contributed by atoms with Gasteiger partial charge in [-0.2, -0.15) is 13.2 Å². The van der Waals surface area contributed by atoms with Crippen molar-refractivity contribution < 1.29 is 18.0 Å². The Balaban J connectivity index is 2.68. The molecule has 0 spiro atoms. The summed E-state index contributed by atoms with van der Waals surface area (Å²) in [6.45, 7) is 5.68. The van der Waals surface area contributed by atoms with E-state index in [9.17, 15) is 18.0 Å². The van der Waals surface area contributed by atoms with Crippen molar-refractivity contribution in [3.8, 4) is 0 Å². The van der Waals surface area contributed by atoms with Gasteiger partial charge in [-0.3, -0.25) is 4.79 Å². The minimum absolute atomic E-state index is 0.119. The van der Waals surface area contributed by atoms with Crippen molar-refractivity contribution in [1.29, 1.82) is 0 Å². The second-order valence-electron chi connectivity index (χ2n) is 5.88. The average molecular weight is 366 g/mol. The number of carbonyl (C=O) groups excluding carboxylic acids is 1. The maximum absolute atomic E-state index is 12.5.